The smallest absolute Gasteiger partial charge is 0.404 e. The Morgan fingerprint density at radius 3 is 2.37 bits per heavy atom. The number of halogens is 2. The van der Waals surface area contributed by atoms with Crippen LogP contribution in [0.15, 0.2) is 0 Å². The van der Waals surface area contributed by atoms with Crippen molar-refractivity contribution in [2.75, 3.05) is 6.54 Å². The van der Waals surface area contributed by atoms with Crippen LogP contribution in [0.5, 0.6) is 0 Å². The van der Waals surface area contributed by atoms with E-state index in [9.17, 15) is 9.59 Å². The molecule has 1 aliphatic rings. The van der Waals surface area contributed by atoms with Gasteiger partial charge in [-0.1, -0.05) is 20.8 Å². The van der Waals surface area contributed by atoms with Gasteiger partial charge in [-0.25, -0.2) is 4.79 Å². The minimum absolute atomic E-state index is 0. The molecule has 1 rings (SSSR count). The van der Waals surface area contributed by atoms with Gasteiger partial charge in [0.25, 0.3) is 4.82 Å². The van der Waals surface area contributed by atoms with Crippen LogP contribution in [0.1, 0.15) is 40.0 Å². The zero-order chi connectivity index (χ0) is 14.0. The average molecular weight is 402 g/mol. The highest BCUT2D eigenvalue weighted by Crippen LogP contribution is 2.45. The predicted octanol–water partition coefficient (Wildman–Crippen LogP) is 3.52. The van der Waals surface area contributed by atoms with Gasteiger partial charge in [0.05, 0.1) is 0 Å². The van der Waals surface area contributed by atoms with E-state index in [0.29, 0.717) is 6.54 Å². The van der Waals surface area contributed by atoms with Gasteiger partial charge in [-0.3, -0.25) is 4.79 Å². The second kappa shape index (κ2) is 6.92. The molecule has 19 heavy (non-hydrogen) atoms. The van der Waals surface area contributed by atoms with Crippen molar-refractivity contribution in [2.24, 2.45) is 10.8 Å². The molecule has 0 radical (unpaired) electrons. The molecule has 112 valence electrons. The average Bonchev–Trinajstić information content (AvgIpc) is 2.10. The van der Waals surface area contributed by atoms with E-state index in [1.165, 1.54) is 0 Å². The Balaban J connectivity index is 0.00000324. The van der Waals surface area contributed by atoms with E-state index in [2.05, 4.69) is 47.3 Å². The standard InChI is InChI=1S/C12H21BrN2O3.BrH/c1-11(2)4-8(15-10(17)18)5-12(3,6-11)7-14-9(13)16;/h8,15H,4-7H2,1-3H3,(H,14,16)(H,17,18);1H. The van der Waals surface area contributed by atoms with E-state index in [0.717, 1.165) is 19.3 Å². The van der Waals surface area contributed by atoms with Gasteiger partial charge in [0, 0.05) is 28.5 Å². The van der Waals surface area contributed by atoms with Crippen LogP contribution in [0.2, 0.25) is 0 Å². The largest absolute Gasteiger partial charge is 0.465 e. The number of carbonyl (C=O) groups is 2. The molecule has 0 saturated heterocycles. The molecule has 0 aromatic carbocycles. The van der Waals surface area contributed by atoms with Gasteiger partial charge in [0.1, 0.15) is 0 Å². The van der Waals surface area contributed by atoms with E-state index < -0.39 is 6.09 Å². The van der Waals surface area contributed by atoms with Crippen molar-refractivity contribution >= 4 is 43.8 Å². The van der Waals surface area contributed by atoms with E-state index in [-0.39, 0.29) is 38.7 Å². The van der Waals surface area contributed by atoms with Crippen molar-refractivity contribution < 1.29 is 14.7 Å². The van der Waals surface area contributed by atoms with Crippen LogP contribution in [0.25, 0.3) is 0 Å². The first-order chi connectivity index (χ1) is 8.12. The summed E-state index contributed by atoms with van der Waals surface area (Å²) in [7, 11) is 0. The molecule has 2 atom stereocenters. The topological polar surface area (TPSA) is 78.4 Å². The molecule has 1 aliphatic carbocycles. The summed E-state index contributed by atoms with van der Waals surface area (Å²) >= 11 is 2.85. The molecule has 0 heterocycles. The predicted molar refractivity (Wildman–Crippen MR) is 83.3 cm³/mol. The summed E-state index contributed by atoms with van der Waals surface area (Å²) in [6.45, 7) is 6.92. The summed E-state index contributed by atoms with van der Waals surface area (Å²) in [5.74, 6) is 0. The van der Waals surface area contributed by atoms with E-state index >= 15 is 0 Å². The van der Waals surface area contributed by atoms with E-state index in [1.807, 2.05) is 0 Å². The second-order valence-corrected chi connectivity index (χ2v) is 7.05. The van der Waals surface area contributed by atoms with Gasteiger partial charge < -0.3 is 15.7 Å². The molecule has 3 N–H and O–H groups in total. The van der Waals surface area contributed by atoms with Crippen molar-refractivity contribution in [1.82, 2.24) is 10.6 Å². The van der Waals surface area contributed by atoms with Crippen LogP contribution in [0.4, 0.5) is 9.59 Å². The highest BCUT2D eigenvalue weighted by Gasteiger charge is 2.41. The van der Waals surface area contributed by atoms with E-state index in [4.69, 9.17) is 5.11 Å². The van der Waals surface area contributed by atoms with Crippen molar-refractivity contribution in [2.45, 2.75) is 46.1 Å². The summed E-state index contributed by atoms with van der Waals surface area (Å²) in [4.78, 5) is 21.5. The summed E-state index contributed by atoms with van der Waals surface area (Å²) in [5.41, 5.74) is -0.0184. The van der Waals surface area contributed by atoms with Crippen molar-refractivity contribution in [3.63, 3.8) is 0 Å². The molecule has 0 spiro atoms. The Kier molecular flexibility index (Phi) is 6.82. The van der Waals surface area contributed by atoms with Crippen LogP contribution < -0.4 is 10.6 Å². The SMILES string of the molecule is Br.CC1(C)CC(NC(=O)O)CC(C)(CNC(=O)Br)C1. The molecule has 7 heteroatoms. The molecule has 0 bridgehead atoms. The van der Waals surface area contributed by atoms with Gasteiger partial charge in [-0.2, -0.15) is 0 Å². The molecule has 5 nitrogen and oxygen atoms in total. The van der Waals surface area contributed by atoms with Gasteiger partial charge in [-0.15, -0.1) is 17.0 Å². The quantitative estimate of drug-likeness (QED) is 0.500. The molecule has 0 aromatic heterocycles. The number of hydrogen-bond acceptors (Lipinski definition) is 2. The third kappa shape index (κ3) is 6.61. The van der Waals surface area contributed by atoms with Gasteiger partial charge in [0.15, 0.2) is 0 Å². The second-order valence-electron chi connectivity index (χ2n) is 6.33. The fourth-order valence-corrected chi connectivity index (χ4v) is 3.47. The van der Waals surface area contributed by atoms with Crippen LogP contribution in [-0.4, -0.2) is 28.6 Å². The van der Waals surface area contributed by atoms with Crippen LogP contribution in [-0.2, 0) is 0 Å². The zero-order valence-corrected chi connectivity index (χ0v) is 14.8. The zero-order valence-electron chi connectivity index (χ0n) is 11.5. The third-order valence-corrected chi connectivity index (χ3v) is 3.71. The molecular weight excluding hydrogens is 380 g/mol. The molecule has 2 amide bonds. The fourth-order valence-electron chi connectivity index (χ4n) is 3.33. The third-order valence-electron chi connectivity index (χ3n) is 3.43. The molecule has 1 fully saturated rings. The maximum absolute atomic E-state index is 10.9. The summed E-state index contributed by atoms with van der Waals surface area (Å²) < 4.78 is 0. The van der Waals surface area contributed by atoms with Gasteiger partial charge in [0.2, 0.25) is 0 Å². The molecule has 1 saturated carbocycles. The Morgan fingerprint density at radius 1 is 1.32 bits per heavy atom. The van der Waals surface area contributed by atoms with Crippen molar-refractivity contribution in [1.29, 1.82) is 0 Å². The Hall–Kier alpha value is -0.300. The van der Waals surface area contributed by atoms with Crippen molar-refractivity contribution in [3.8, 4) is 0 Å². The highest BCUT2D eigenvalue weighted by atomic mass is 79.9. The molecular formula is C12H22Br2N2O3. The normalized spacial score (nSPS) is 28.9. The first kappa shape index (κ1) is 18.7. The summed E-state index contributed by atoms with van der Waals surface area (Å²) in [6.07, 6.45) is 1.56. The van der Waals surface area contributed by atoms with Gasteiger partial charge >= 0.3 is 6.09 Å². The van der Waals surface area contributed by atoms with E-state index in [1.54, 1.807) is 0 Å². The lowest BCUT2D eigenvalue weighted by Gasteiger charge is -2.46. The maximum Gasteiger partial charge on any atom is 0.404 e. The number of nitrogens with one attached hydrogen (secondary N) is 2. The highest BCUT2D eigenvalue weighted by molar-refractivity contribution is 9.18. The first-order valence-corrected chi connectivity index (χ1v) is 6.84. The Labute approximate surface area is 132 Å². The minimum Gasteiger partial charge on any atom is -0.465 e. The lowest BCUT2D eigenvalue weighted by Crippen LogP contribution is -2.49. The lowest BCUT2D eigenvalue weighted by atomic mass is 9.62. The van der Waals surface area contributed by atoms with Crippen LogP contribution in [0, 0.1) is 10.8 Å². The molecule has 0 aromatic rings. The summed E-state index contributed by atoms with van der Waals surface area (Å²) in [5, 5.41) is 14.2. The number of hydrogen-bond donors (Lipinski definition) is 3. The Morgan fingerprint density at radius 2 is 1.89 bits per heavy atom. The number of carbonyl (C=O) groups excluding carboxylic acids is 1. The monoisotopic (exact) mass is 400 g/mol. The minimum atomic E-state index is -0.982. The summed E-state index contributed by atoms with van der Waals surface area (Å²) in [6, 6.07) is -0.0523. The number of amides is 2. The molecule has 2 unspecified atom stereocenters. The Bertz CT molecular complexity index is 350. The fraction of sp³-hybridized carbons (Fsp3) is 0.833. The van der Waals surface area contributed by atoms with Gasteiger partial charge in [-0.05, 0) is 30.1 Å². The van der Waals surface area contributed by atoms with Crippen molar-refractivity contribution in [3.05, 3.63) is 0 Å². The number of carboxylic acid groups (broad SMARTS) is 1. The first-order valence-electron chi connectivity index (χ1n) is 6.05. The lowest BCUT2D eigenvalue weighted by molar-refractivity contribution is 0.0721. The maximum atomic E-state index is 10.9. The number of rotatable bonds is 3. The van der Waals surface area contributed by atoms with Crippen LogP contribution >= 0.6 is 32.9 Å². The van der Waals surface area contributed by atoms with Crippen LogP contribution in [0.3, 0.4) is 0 Å². The molecule has 0 aliphatic heterocycles.